The van der Waals surface area contributed by atoms with Crippen LogP contribution in [-0.4, -0.2) is 24.8 Å². The second-order valence-electron chi connectivity index (χ2n) is 5.64. The Hall–Kier alpha value is -2.50. The molecule has 0 aliphatic rings. The summed E-state index contributed by atoms with van der Waals surface area (Å²) in [6.45, 7) is 1.68. The Morgan fingerprint density at radius 2 is 1.75 bits per heavy atom. The minimum Gasteiger partial charge on any atom is -0.493 e. The molecular weight excluding hydrogens is 302 g/mol. The first-order chi connectivity index (χ1) is 11.7. The van der Waals surface area contributed by atoms with Crippen molar-refractivity contribution >= 4 is 10.9 Å². The predicted octanol–water partition coefficient (Wildman–Crippen LogP) is 2.69. The first-order valence-electron chi connectivity index (χ1n) is 8.04. The molecule has 0 aliphatic carbocycles. The fraction of sp³-hybridized carbons (Fsp3) is 0.263. The molecule has 1 atom stereocenters. The van der Waals surface area contributed by atoms with E-state index in [1.165, 1.54) is 0 Å². The van der Waals surface area contributed by atoms with E-state index in [0.717, 1.165) is 34.5 Å². The fourth-order valence-electron chi connectivity index (χ4n) is 2.87. The lowest BCUT2D eigenvalue weighted by atomic mass is 10.1. The van der Waals surface area contributed by atoms with E-state index in [-0.39, 0.29) is 6.04 Å². The van der Waals surface area contributed by atoms with E-state index in [4.69, 9.17) is 20.9 Å². The Labute approximate surface area is 141 Å². The predicted molar refractivity (Wildman–Crippen MR) is 96.4 cm³/mol. The number of hydrogen-bond acceptors (Lipinski definition) is 4. The molecule has 24 heavy (non-hydrogen) atoms. The van der Waals surface area contributed by atoms with Crippen LogP contribution in [0.3, 0.4) is 0 Å². The Morgan fingerprint density at radius 3 is 2.50 bits per heavy atom. The van der Waals surface area contributed by atoms with Crippen molar-refractivity contribution < 1.29 is 9.47 Å². The topological polar surface area (TPSA) is 75.4 Å². The van der Waals surface area contributed by atoms with Crippen LogP contribution in [0.25, 0.3) is 10.9 Å². The highest BCUT2D eigenvalue weighted by molar-refractivity contribution is 5.84. The van der Waals surface area contributed by atoms with Gasteiger partial charge >= 0.3 is 0 Å². The van der Waals surface area contributed by atoms with Gasteiger partial charge in [-0.2, -0.15) is 0 Å². The van der Waals surface area contributed by atoms with Crippen molar-refractivity contribution in [2.75, 3.05) is 20.3 Å². The molecule has 5 nitrogen and oxygen atoms in total. The molecular formula is C19H23N3O2. The van der Waals surface area contributed by atoms with Crippen molar-refractivity contribution in [2.45, 2.75) is 12.6 Å². The minimum absolute atomic E-state index is 0.161. The number of nitrogens with zero attached hydrogens (tertiary/aromatic N) is 1. The van der Waals surface area contributed by atoms with Crippen LogP contribution >= 0.6 is 0 Å². The number of nitrogens with two attached hydrogens (primary N) is 2. The maximum Gasteiger partial charge on any atom is 0.161 e. The Balaban J connectivity index is 1.78. The molecule has 0 aliphatic heterocycles. The van der Waals surface area contributed by atoms with E-state index in [0.29, 0.717) is 13.2 Å². The first kappa shape index (κ1) is 16.4. The smallest absolute Gasteiger partial charge is 0.161 e. The fourth-order valence-corrected chi connectivity index (χ4v) is 2.87. The molecule has 0 bridgehead atoms. The van der Waals surface area contributed by atoms with Crippen molar-refractivity contribution in [2.24, 2.45) is 11.5 Å². The second kappa shape index (κ2) is 7.38. The summed E-state index contributed by atoms with van der Waals surface area (Å²) in [5.41, 5.74) is 14.1. The van der Waals surface area contributed by atoms with Crippen molar-refractivity contribution in [3.05, 3.63) is 60.3 Å². The van der Waals surface area contributed by atoms with E-state index >= 15 is 0 Å². The third-order valence-corrected chi connectivity index (χ3v) is 4.13. The van der Waals surface area contributed by atoms with Gasteiger partial charge in [-0.1, -0.05) is 30.3 Å². The molecule has 0 spiro atoms. The van der Waals surface area contributed by atoms with E-state index in [9.17, 15) is 0 Å². The van der Waals surface area contributed by atoms with E-state index in [1.807, 2.05) is 36.4 Å². The molecule has 4 N–H and O–H groups in total. The zero-order valence-corrected chi connectivity index (χ0v) is 13.8. The van der Waals surface area contributed by atoms with Gasteiger partial charge < -0.3 is 25.5 Å². The molecule has 0 amide bonds. The van der Waals surface area contributed by atoms with Crippen LogP contribution in [0, 0.1) is 0 Å². The van der Waals surface area contributed by atoms with Crippen LogP contribution in [0.4, 0.5) is 0 Å². The molecule has 1 heterocycles. The third kappa shape index (κ3) is 3.22. The van der Waals surface area contributed by atoms with Gasteiger partial charge in [0.1, 0.15) is 6.61 Å². The van der Waals surface area contributed by atoms with Crippen LogP contribution in [0.1, 0.15) is 11.6 Å². The largest absolute Gasteiger partial charge is 0.493 e. The molecule has 1 unspecified atom stereocenters. The minimum atomic E-state index is -0.161. The molecule has 0 fully saturated rings. The highest BCUT2D eigenvalue weighted by Crippen LogP contribution is 2.27. The van der Waals surface area contributed by atoms with Crippen LogP contribution in [0.2, 0.25) is 0 Å². The van der Waals surface area contributed by atoms with Crippen LogP contribution < -0.4 is 20.9 Å². The molecule has 0 saturated heterocycles. The van der Waals surface area contributed by atoms with Crippen LogP contribution in [-0.2, 0) is 6.54 Å². The normalized spacial score (nSPS) is 12.3. The molecule has 0 saturated carbocycles. The molecule has 5 heteroatoms. The van der Waals surface area contributed by atoms with Crippen molar-refractivity contribution in [1.82, 2.24) is 4.57 Å². The number of benzene rings is 2. The first-order valence-corrected chi connectivity index (χ1v) is 8.04. The van der Waals surface area contributed by atoms with E-state index in [2.05, 4.69) is 22.9 Å². The highest BCUT2D eigenvalue weighted by atomic mass is 16.5. The van der Waals surface area contributed by atoms with Gasteiger partial charge in [0.2, 0.25) is 0 Å². The van der Waals surface area contributed by atoms with Gasteiger partial charge in [-0.15, -0.1) is 0 Å². The molecule has 1 aromatic heterocycles. The van der Waals surface area contributed by atoms with Gasteiger partial charge in [-0.25, -0.2) is 0 Å². The van der Waals surface area contributed by atoms with E-state index < -0.39 is 0 Å². The molecule has 2 aromatic carbocycles. The lowest BCUT2D eigenvalue weighted by Gasteiger charge is -2.11. The number of para-hydroxylation sites is 3. The van der Waals surface area contributed by atoms with E-state index in [1.54, 1.807) is 7.11 Å². The van der Waals surface area contributed by atoms with Crippen LogP contribution in [0.5, 0.6) is 11.5 Å². The van der Waals surface area contributed by atoms with Crippen LogP contribution in [0.15, 0.2) is 54.7 Å². The zero-order valence-electron chi connectivity index (χ0n) is 13.8. The molecule has 0 radical (unpaired) electrons. The van der Waals surface area contributed by atoms with Crippen molar-refractivity contribution in [3.8, 4) is 11.5 Å². The maximum atomic E-state index is 6.15. The summed E-state index contributed by atoms with van der Waals surface area (Å²) < 4.78 is 13.3. The number of aromatic nitrogens is 1. The van der Waals surface area contributed by atoms with Gasteiger partial charge in [0.05, 0.1) is 13.7 Å². The maximum absolute atomic E-state index is 6.15. The quantitative estimate of drug-likeness (QED) is 0.700. The van der Waals surface area contributed by atoms with Crippen molar-refractivity contribution in [1.29, 1.82) is 0 Å². The summed E-state index contributed by atoms with van der Waals surface area (Å²) >= 11 is 0. The molecule has 3 rings (SSSR count). The summed E-state index contributed by atoms with van der Waals surface area (Å²) in [4.78, 5) is 0. The molecule has 3 aromatic rings. The average Bonchev–Trinajstić information content (AvgIpc) is 3.00. The van der Waals surface area contributed by atoms with Gasteiger partial charge in [-0.05, 0) is 23.8 Å². The number of hydrogen-bond donors (Lipinski definition) is 2. The zero-order chi connectivity index (χ0) is 16.9. The van der Waals surface area contributed by atoms with Crippen molar-refractivity contribution in [3.63, 3.8) is 0 Å². The summed E-state index contributed by atoms with van der Waals surface area (Å²) in [6.07, 6.45) is 2.08. The number of fused-ring (bicyclic) bond motifs is 1. The summed E-state index contributed by atoms with van der Waals surface area (Å²) in [5.74, 6) is 1.48. The lowest BCUT2D eigenvalue weighted by Crippen LogP contribution is -2.20. The highest BCUT2D eigenvalue weighted by Gasteiger charge is 2.13. The Kier molecular flexibility index (Phi) is 5.03. The summed E-state index contributed by atoms with van der Waals surface area (Å²) in [7, 11) is 1.64. The Morgan fingerprint density at radius 1 is 1.04 bits per heavy atom. The number of methoxy groups -OCH3 is 1. The van der Waals surface area contributed by atoms with Gasteiger partial charge in [-0.3, -0.25) is 0 Å². The Bertz CT molecular complexity index is 813. The summed E-state index contributed by atoms with van der Waals surface area (Å²) in [5, 5.41) is 1.15. The average molecular weight is 325 g/mol. The second-order valence-corrected chi connectivity index (χ2v) is 5.64. The van der Waals surface area contributed by atoms with Gasteiger partial charge in [0.25, 0.3) is 0 Å². The third-order valence-electron chi connectivity index (χ3n) is 4.13. The van der Waals surface area contributed by atoms with Gasteiger partial charge in [0, 0.05) is 29.7 Å². The number of rotatable bonds is 7. The monoisotopic (exact) mass is 325 g/mol. The standard InChI is InChI=1S/C19H23N3O2/c1-23-18-8-4-5-9-19(18)24-11-10-22-13-15(16(21)12-20)14-6-2-3-7-17(14)22/h2-9,13,16H,10-12,20-21H2,1H3. The SMILES string of the molecule is COc1ccccc1OCCn1cc(C(N)CN)c2ccccc21. The summed E-state index contributed by atoms with van der Waals surface area (Å²) in [6, 6.07) is 15.7. The lowest BCUT2D eigenvalue weighted by molar-refractivity contribution is 0.281. The number of ether oxygens (including phenoxy) is 2. The molecule has 126 valence electrons. The van der Waals surface area contributed by atoms with Gasteiger partial charge in [0.15, 0.2) is 11.5 Å².